The molecule has 5 aromatic rings. The van der Waals surface area contributed by atoms with Crippen LogP contribution in [0.2, 0.25) is 0 Å². The molecule has 33 heavy (non-hydrogen) atoms. The third-order valence-electron chi connectivity index (χ3n) is 5.32. The number of hydrazone groups is 1. The number of nitrogens with zero attached hydrogens (tertiary/aromatic N) is 2. The molecule has 0 saturated carbocycles. The van der Waals surface area contributed by atoms with Crippen molar-refractivity contribution in [1.82, 2.24) is 9.99 Å². The number of nitrogens with one attached hydrogen (secondary N) is 1. The van der Waals surface area contributed by atoms with Gasteiger partial charge in [-0.1, -0.05) is 36.4 Å². The van der Waals surface area contributed by atoms with Gasteiger partial charge in [-0.15, -0.1) is 0 Å². The number of benzene rings is 3. The van der Waals surface area contributed by atoms with Gasteiger partial charge < -0.3 is 8.98 Å². The predicted molar refractivity (Wildman–Crippen MR) is 138 cm³/mol. The molecule has 3 aromatic carbocycles. The molecule has 0 fully saturated rings. The van der Waals surface area contributed by atoms with Gasteiger partial charge in [-0.05, 0) is 71.1 Å². The number of hydrogen-bond donors (Lipinski definition) is 1. The van der Waals surface area contributed by atoms with E-state index in [-0.39, 0.29) is 17.9 Å². The minimum Gasteiger partial charge on any atom is -0.455 e. The van der Waals surface area contributed by atoms with E-state index in [9.17, 15) is 9.59 Å². The van der Waals surface area contributed by atoms with E-state index in [0.29, 0.717) is 27.6 Å². The Bertz CT molecular complexity index is 1510. The highest BCUT2D eigenvalue weighted by Crippen LogP contribution is 2.22. The lowest BCUT2D eigenvalue weighted by molar-refractivity contribution is -0.121. The molecule has 0 aliphatic rings. The fraction of sp³-hybridized carbons (Fsp3) is 0.0385. The Morgan fingerprint density at radius 3 is 2.21 bits per heavy atom. The van der Waals surface area contributed by atoms with Crippen LogP contribution in [-0.4, -0.2) is 16.7 Å². The number of halogens is 1. The summed E-state index contributed by atoms with van der Waals surface area (Å²) >= 11 is 2.25. The Hall–Kier alpha value is -3.72. The summed E-state index contributed by atoms with van der Waals surface area (Å²) in [7, 11) is 0. The molecule has 7 heteroatoms. The SMILES string of the molecule is O=C(Cn1c2ccccc2c(=O)c2ccccc21)N/N=C\c1ccc(-c2ccc(I)cc2)o1. The summed E-state index contributed by atoms with van der Waals surface area (Å²) in [6.45, 7) is 0.0186. The van der Waals surface area contributed by atoms with E-state index in [1.807, 2.05) is 71.3 Å². The van der Waals surface area contributed by atoms with Gasteiger partial charge >= 0.3 is 0 Å². The van der Waals surface area contributed by atoms with E-state index in [2.05, 4.69) is 33.1 Å². The van der Waals surface area contributed by atoms with Crippen molar-refractivity contribution in [2.45, 2.75) is 6.54 Å². The molecule has 0 aliphatic carbocycles. The van der Waals surface area contributed by atoms with Crippen molar-refractivity contribution in [2.24, 2.45) is 5.10 Å². The second kappa shape index (κ2) is 9.03. The van der Waals surface area contributed by atoms with Crippen LogP contribution >= 0.6 is 22.6 Å². The molecule has 0 aliphatic heterocycles. The molecule has 0 spiro atoms. The highest BCUT2D eigenvalue weighted by atomic mass is 127. The van der Waals surface area contributed by atoms with Crippen molar-refractivity contribution < 1.29 is 9.21 Å². The summed E-state index contributed by atoms with van der Waals surface area (Å²) in [5.74, 6) is 0.947. The van der Waals surface area contributed by atoms with Crippen molar-refractivity contribution in [3.05, 3.63) is 104 Å². The fourth-order valence-electron chi connectivity index (χ4n) is 3.79. The molecule has 0 bridgehead atoms. The number of furan rings is 1. The van der Waals surface area contributed by atoms with Gasteiger partial charge in [-0.3, -0.25) is 9.59 Å². The minimum atomic E-state index is -0.311. The zero-order valence-corrected chi connectivity index (χ0v) is 19.5. The lowest BCUT2D eigenvalue weighted by Crippen LogP contribution is -2.25. The summed E-state index contributed by atoms with van der Waals surface area (Å²) in [4.78, 5) is 25.5. The molecule has 2 heterocycles. The third kappa shape index (κ3) is 4.31. The Kier molecular flexibility index (Phi) is 5.78. The van der Waals surface area contributed by atoms with Crippen LogP contribution in [0, 0.1) is 3.57 Å². The van der Waals surface area contributed by atoms with E-state index in [1.54, 1.807) is 18.2 Å². The maximum absolute atomic E-state index is 12.8. The van der Waals surface area contributed by atoms with Gasteiger partial charge in [-0.2, -0.15) is 5.10 Å². The van der Waals surface area contributed by atoms with Gasteiger partial charge in [-0.25, -0.2) is 5.43 Å². The first kappa shape index (κ1) is 21.1. The van der Waals surface area contributed by atoms with Gasteiger partial charge in [0.1, 0.15) is 18.1 Å². The first-order valence-electron chi connectivity index (χ1n) is 10.3. The number of para-hydroxylation sites is 2. The zero-order chi connectivity index (χ0) is 22.8. The standard InChI is InChI=1S/C26H18IN3O3/c27-18-11-9-17(10-12-18)24-14-13-19(33-24)15-28-29-25(31)16-30-22-7-3-1-5-20(22)26(32)21-6-2-4-8-23(21)30/h1-15H,16H2,(H,29,31)/b28-15-. The van der Waals surface area contributed by atoms with Gasteiger partial charge in [0.2, 0.25) is 0 Å². The highest BCUT2D eigenvalue weighted by molar-refractivity contribution is 14.1. The van der Waals surface area contributed by atoms with Gasteiger partial charge in [0.25, 0.3) is 5.91 Å². The Morgan fingerprint density at radius 2 is 1.55 bits per heavy atom. The van der Waals surface area contributed by atoms with Gasteiger partial charge in [0.15, 0.2) is 5.43 Å². The summed E-state index contributed by atoms with van der Waals surface area (Å²) in [5, 5.41) is 5.19. The molecular weight excluding hydrogens is 529 g/mol. The fourth-order valence-corrected chi connectivity index (χ4v) is 4.15. The van der Waals surface area contributed by atoms with Crippen LogP contribution in [0.1, 0.15) is 5.76 Å². The lowest BCUT2D eigenvalue weighted by Gasteiger charge is -2.14. The second-order valence-electron chi connectivity index (χ2n) is 7.45. The molecular formula is C26H18IN3O3. The second-order valence-corrected chi connectivity index (χ2v) is 8.70. The highest BCUT2D eigenvalue weighted by Gasteiger charge is 2.12. The average molecular weight is 547 g/mol. The smallest absolute Gasteiger partial charge is 0.260 e. The van der Waals surface area contributed by atoms with Crippen LogP contribution in [0.25, 0.3) is 33.1 Å². The van der Waals surface area contributed by atoms with Crippen LogP contribution in [0.5, 0.6) is 0 Å². The number of carbonyl (C=O) groups is 1. The van der Waals surface area contributed by atoms with E-state index >= 15 is 0 Å². The Morgan fingerprint density at radius 1 is 0.909 bits per heavy atom. The zero-order valence-electron chi connectivity index (χ0n) is 17.4. The molecule has 0 saturated heterocycles. The number of carbonyl (C=O) groups excluding carboxylic acids is 1. The Balaban J connectivity index is 1.36. The number of amides is 1. The lowest BCUT2D eigenvalue weighted by atomic mass is 10.1. The largest absolute Gasteiger partial charge is 0.455 e. The number of aromatic nitrogens is 1. The molecule has 0 radical (unpaired) electrons. The predicted octanol–water partition coefficient (Wildman–Crippen LogP) is 5.17. The molecule has 2 aromatic heterocycles. The number of hydrogen-bond acceptors (Lipinski definition) is 4. The maximum Gasteiger partial charge on any atom is 0.260 e. The molecule has 1 amide bonds. The van der Waals surface area contributed by atoms with Crippen LogP contribution in [0.15, 0.2) is 99.2 Å². The first-order valence-corrected chi connectivity index (χ1v) is 11.4. The molecule has 0 unspecified atom stereocenters. The van der Waals surface area contributed by atoms with Crippen LogP contribution in [0.3, 0.4) is 0 Å². The normalized spacial score (nSPS) is 11.4. The third-order valence-corrected chi connectivity index (χ3v) is 6.04. The van der Waals surface area contributed by atoms with Crippen molar-refractivity contribution in [3.63, 3.8) is 0 Å². The molecule has 1 N–H and O–H groups in total. The molecule has 5 rings (SSSR count). The van der Waals surface area contributed by atoms with Crippen molar-refractivity contribution >= 4 is 56.5 Å². The number of pyridine rings is 1. The van der Waals surface area contributed by atoms with E-state index in [0.717, 1.165) is 14.9 Å². The summed E-state index contributed by atoms with van der Waals surface area (Å²) in [5.41, 5.74) is 4.88. The van der Waals surface area contributed by atoms with Crippen LogP contribution in [0.4, 0.5) is 0 Å². The summed E-state index contributed by atoms with van der Waals surface area (Å²) in [6, 6.07) is 26.2. The average Bonchev–Trinajstić information content (AvgIpc) is 3.31. The van der Waals surface area contributed by atoms with Gasteiger partial charge in [0, 0.05) is 19.9 Å². The quantitative estimate of drug-likeness (QED) is 0.143. The van der Waals surface area contributed by atoms with Crippen LogP contribution in [-0.2, 0) is 11.3 Å². The van der Waals surface area contributed by atoms with E-state index < -0.39 is 0 Å². The van der Waals surface area contributed by atoms with E-state index in [1.165, 1.54) is 6.21 Å². The van der Waals surface area contributed by atoms with Crippen molar-refractivity contribution in [2.75, 3.05) is 0 Å². The first-order chi connectivity index (χ1) is 16.1. The molecule has 162 valence electrons. The number of rotatable bonds is 5. The van der Waals surface area contributed by atoms with Crippen molar-refractivity contribution in [1.29, 1.82) is 0 Å². The van der Waals surface area contributed by atoms with Gasteiger partial charge in [0.05, 0.1) is 17.2 Å². The topological polar surface area (TPSA) is 76.6 Å². The molecule has 6 nitrogen and oxygen atoms in total. The summed E-state index contributed by atoms with van der Waals surface area (Å²) < 4.78 is 8.78. The Labute approximate surface area is 202 Å². The number of fused-ring (bicyclic) bond motifs is 2. The molecule has 0 atom stereocenters. The monoisotopic (exact) mass is 547 g/mol. The van der Waals surface area contributed by atoms with E-state index in [4.69, 9.17) is 4.42 Å². The summed E-state index contributed by atoms with van der Waals surface area (Å²) in [6.07, 6.45) is 1.47. The maximum atomic E-state index is 12.8. The van der Waals surface area contributed by atoms with Crippen LogP contribution < -0.4 is 10.9 Å². The minimum absolute atomic E-state index is 0.0186. The van der Waals surface area contributed by atoms with Crippen molar-refractivity contribution in [3.8, 4) is 11.3 Å².